The zero-order chi connectivity index (χ0) is 16.5. The highest BCUT2D eigenvalue weighted by molar-refractivity contribution is 7.87. The Morgan fingerprint density at radius 1 is 1.41 bits per heavy atom. The fraction of sp³-hybridized carbons (Fsp3) is 0.429. The molecule has 0 aromatic heterocycles. The lowest BCUT2D eigenvalue weighted by Crippen LogP contribution is -2.27. The summed E-state index contributed by atoms with van der Waals surface area (Å²) < 4.78 is 34.9. The largest absolute Gasteiger partial charge is 0.349 e. The summed E-state index contributed by atoms with van der Waals surface area (Å²) >= 11 is 0. The first-order valence-electron chi connectivity index (χ1n) is 6.71. The van der Waals surface area contributed by atoms with Crippen molar-refractivity contribution in [2.24, 2.45) is 0 Å². The number of benzene rings is 1. The van der Waals surface area contributed by atoms with E-state index in [1.807, 2.05) is 0 Å². The van der Waals surface area contributed by atoms with Crippen LogP contribution in [0.5, 0.6) is 0 Å². The summed E-state index contributed by atoms with van der Waals surface area (Å²) in [4.78, 5) is 26.3. The summed E-state index contributed by atoms with van der Waals surface area (Å²) in [6.07, 6.45) is -0.187. The fourth-order valence-corrected chi connectivity index (χ4v) is 2.95. The summed E-state index contributed by atoms with van der Waals surface area (Å²) in [5, 5.41) is -1.33. The van der Waals surface area contributed by atoms with E-state index in [0.717, 1.165) is 0 Å². The van der Waals surface area contributed by atoms with Crippen LogP contribution in [0.4, 0.5) is 9.57 Å². The molecule has 0 spiro atoms. The second-order valence-electron chi connectivity index (χ2n) is 5.44. The first-order valence-corrected chi connectivity index (χ1v) is 8.16. The van der Waals surface area contributed by atoms with Crippen LogP contribution < -0.4 is 4.90 Å². The van der Waals surface area contributed by atoms with Crippen molar-refractivity contribution >= 4 is 27.7 Å². The van der Waals surface area contributed by atoms with Gasteiger partial charge in [0.2, 0.25) is 11.8 Å². The van der Waals surface area contributed by atoms with Crippen LogP contribution in [-0.2, 0) is 26.2 Å². The third kappa shape index (κ3) is 3.62. The van der Waals surface area contributed by atoms with Crippen molar-refractivity contribution in [3.63, 3.8) is 0 Å². The molecule has 1 aliphatic heterocycles. The highest BCUT2D eigenvalue weighted by atomic mass is 32.3. The standard InChI is InChI=1S/C14H17FN2O4S/c1-16(2)13(18)7-10-4-3-5-11(6-10)17-9-12(8-14(17)19)22(15,20)21/h3-6,12H,7-9H2,1-2H3. The number of halogens is 1. The summed E-state index contributed by atoms with van der Waals surface area (Å²) in [5.74, 6) is -0.531. The van der Waals surface area contributed by atoms with E-state index in [2.05, 4.69) is 0 Å². The Bertz CT molecular complexity index is 703. The molecule has 0 aliphatic carbocycles. The van der Waals surface area contributed by atoms with Gasteiger partial charge in [0.05, 0.1) is 6.42 Å². The lowest BCUT2D eigenvalue weighted by Gasteiger charge is -2.17. The predicted molar refractivity (Wildman–Crippen MR) is 79.6 cm³/mol. The smallest absolute Gasteiger partial charge is 0.307 e. The molecule has 8 heteroatoms. The van der Waals surface area contributed by atoms with Crippen molar-refractivity contribution in [2.75, 3.05) is 25.5 Å². The number of hydrogen-bond donors (Lipinski definition) is 0. The predicted octanol–water partition coefficient (Wildman–Crippen LogP) is 0.722. The van der Waals surface area contributed by atoms with E-state index in [1.165, 1.54) is 9.80 Å². The van der Waals surface area contributed by atoms with Gasteiger partial charge in [-0.1, -0.05) is 12.1 Å². The number of carbonyl (C=O) groups is 2. The van der Waals surface area contributed by atoms with Gasteiger partial charge in [-0.3, -0.25) is 9.59 Å². The molecule has 1 saturated heterocycles. The third-order valence-electron chi connectivity index (χ3n) is 3.56. The first kappa shape index (κ1) is 16.4. The van der Waals surface area contributed by atoms with E-state index in [-0.39, 0.29) is 25.3 Å². The minimum Gasteiger partial charge on any atom is -0.349 e. The average Bonchev–Trinajstić information content (AvgIpc) is 2.81. The quantitative estimate of drug-likeness (QED) is 0.764. The Hall–Kier alpha value is -1.96. The maximum Gasteiger partial charge on any atom is 0.307 e. The molecule has 0 N–H and O–H groups in total. The van der Waals surface area contributed by atoms with Crippen LogP contribution in [-0.4, -0.2) is 51.0 Å². The Morgan fingerprint density at radius 3 is 2.64 bits per heavy atom. The molecule has 2 rings (SSSR count). The number of likely N-dealkylation sites (N-methyl/N-ethyl adjacent to an activating group) is 1. The maximum atomic E-state index is 13.0. The lowest BCUT2D eigenvalue weighted by molar-refractivity contribution is -0.128. The van der Waals surface area contributed by atoms with Gasteiger partial charge in [0.1, 0.15) is 5.25 Å². The molecule has 120 valence electrons. The van der Waals surface area contributed by atoms with E-state index in [1.54, 1.807) is 38.4 Å². The number of nitrogens with zero attached hydrogens (tertiary/aromatic N) is 2. The Labute approximate surface area is 128 Å². The maximum absolute atomic E-state index is 13.0. The monoisotopic (exact) mass is 328 g/mol. The molecular weight excluding hydrogens is 311 g/mol. The van der Waals surface area contributed by atoms with Crippen LogP contribution in [0.2, 0.25) is 0 Å². The number of rotatable bonds is 4. The van der Waals surface area contributed by atoms with Gasteiger partial charge >= 0.3 is 10.2 Å². The molecule has 1 atom stereocenters. The van der Waals surface area contributed by atoms with Crippen molar-refractivity contribution in [3.8, 4) is 0 Å². The summed E-state index contributed by atoms with van der Waals surface area (Å²) in [5.41, 5.74) is 1.18. The first-order chi connectivity index (χ1) is 10.2. The molecule has 6 nitrogen and oxygen atoms in total. The number of amides is 2. The molecule has 1 aromatic rings. The van der Waals surface area contributed by atoms with Gasteiger partial charge in [0.25, 0.3) is 0 Å². The fourth-order valence-electron chi connectivity index (χ4n) is 2.28. The van der Waals surface area contributed by atoms with Crippen molar-refractivity contribution in [2.45, 2.75) is 18.1 Å². The Kier molecular flexibility index (Phi) is 4.50. The van der Waals surface area contributed by atoms with Gasteiger partial charge in [-0.2, -0.15) is 8.42 Å². The highest BCUT2D eigenvalue weighted by Crippen LogP contribution is 2.26. The van der Waals surface area contributed by atoms with Crippen LogP contribution in [0.3, 0.4) is 0 Å². The van der Waals surface area contributed by atoms with Gasteiger partial charge in [0.15, 0.2) is 0 Å². The molecule has 1 aliphatic rings. The molecule has 1 aromatic carbocycles. The van der Waals surface area contributed by atoms with E-state index >= 15 is 0 Å². The van der Waals surface area contributed by atoms with E-state index in [9.17, 15) is 21.9 Å². The molecule has 1 unspecified atom stereocenters. The highest BCUT2D eigenvalue weighted by Gasteiger charge is 2.39. The normalized spacial score (nSPS) is 18.6. The van der Waals surface area contributed by atoms with Gasteiger partial charge in [-0.25, -0.2) is 0 Å². The van der Waals surface area contributed by atoms with Gasteiger partial charge in [-0.15, -0.1) is 3.89 Å². The second kappa shape index (κ2) is 6.04. The minimum atomic E-state index is -4.74. The van der Waals surface area contributed by atoms with Gasteiger partial charge < -0.3 is 9.80 Å². The molecule has 1 fully saturated rings. The van der Waals surface area contributed by atoms with E-state index in [0.29, 0.717) is 11.3 Å². The van der Waals surface area contributed by atoms with Crippen LogP contribution >= 0.6 is 0 Å². The molecule has 0 saturated carbocycles. The molecule has 1 heterocycles. The van der Waals surface area contributed by atoms with Crippen LogP contribution in [0, 0.1) is 0 Å². The average molecular weight is 328 g/mol. The lowest BCUT2D eigenvalue weighted by atomic mass is 10.1. The molecule has 0 bridgehead atoms. The molecule has 22 heavy (non-hydrogen) atoms. The summed E-state index contributed by atoms with van der Waals surface area (Å²) in [6, 6.07) is 6.70. The van der Waals surface area contributed by atoms with Crippen LogP contribution in [0.1, 0.15) is 12.0 Å². The number of hydrogen-bond acceptors (Lipinski definition) is 4. The van der Waals surface area contributed by atoms with Crippen molar-refractivity contribution in [1.82, 2.24) is 4.90 Å². The third-order valence-corrected chi connectivity index (χ3v) is 4.68. The molecular formula is C14H17FN2O4S. The Morgan fingerprint density at radius 2 is 2.09 bits per heavy atom. The number of anilines is 1. The summed E-state index contributed by atoms with van der Waals surface area (Å²) in [6.45, 7) is -0.206. The topological polar surface area (TPSA) is 74.8 Å². The zero-order valence-electron chi connectivity index (χ0n) is 12.3. The van der Waals surface area contributed by atoms with Crippen molar-refractivity contribution < 1.29 is 21.9 Å². The van der Waals surface area contributed by atoms with Crippen LogP contribution in [0.15, 0.2) is 24.3 Å². The van der Waals surface area contributed by atoms with Gasteiger partial charge in [-0.05, 0) is 17.7 Å². The summed E-state index contributed by atoms with van der Waals surface area (Å²) in [7, 11) is -1.45. The number of carbonyl (C=O) groups excluding carboxylic acids is 2. The van der Waals surface area contributed by atoms with Crippen molar-refractivity contribution in [1.29, 1.82) is 0 Å². The zero-order valence-corrected chi connectivity index (χ0v) is 13.1. The van der Waals surface area contributed by atoms with Gasteiger partial charge in [0, 0.05) is 32.7 Å². The SMILES string of the molecule is CN(C)C(=O)Cc1cccc(N2CC(S(=O)(=O)F)CC2=O)c1. The van der Waals surface area contributed by atoms with Crippen molar-refractivity contribution in [3.05, 3.63) is 29.8 Å². The Balaban J connectivity index is 2.20. The molecule has 0 radical (unpaired) electrons. The van der Waals surface area contributed by atoms with E-state index < -0.39 is 21.4 Å². The van der Waals surface area contributed by atoms with E-state index in [4.69, 9.17) is 0 Å². The second-order valence-corrected chi connectivity index (χ2v) is 7.06. The molecule has 2 amide bonds. The minimum absolute atomic E-state index is 0.0888. The van der Waals surface area contributed by atoms with Crippen LogP contribution in [0.25, 0.3) is 0 Å².